The van der Waals surface area contributed by atoms with E-state index >= 15 is 0 Å². The van der Waals surface area contributed by atoms with E-state index in [1.54, 1.807) is 7.11 Å². The van der Waals surface area contributed by atoms with Crippen molar-refractivity contribution in [2.75, 3.05) is 40.8 Å². The molecule has 1 saturated heterocycles. The highest BCUT2D eigenvalue weighted by Crippen LogP contribution is 2.40. The van der Waals surface area contributed by atoms with Gasteiger partial charge in [-0.3, -0.25) is 0 Å². The molecule has 0 spiro atoms. The summed E-state index contributed by atoms with van der Waals surface area (Å²) in [4.78, 5) is 1.99. The molecule has 0 bridgehead atoms. The molecule has 0 radical (unpaired) electrons. The minimum Gasteiger partial charge on any atom is -0.497 e. The van der Waals surface area contributed by atoms with Gasteiger partial charge >= 0.3 is 0 Å². The van der Waals surface area contributed by atoms with Crippen molar-refractivity contribution in [2.24, 2.45) is 5.92 Å². The number of sulfonamides is 1. The summed E-state index contributed by atoms with van der Waals surface area (Å²) in [6, 6.07) is 16.6. The second kappa shape index (κ2) is 8.83. The Morgan fingerprint density at radius 2 is 1.90 bits per heavy atom. The molecule has 0 amide bonds. The first-order valence-corrected chi connectivity index (χ1v) is 11.4. The van der Waals surface area contributed by atoms with Crippen LogP contribution in [0.1, 0.15) is 17.5 Å². The van der Waals surface area contributed by atoms with E-state index in [2.05, 4.69) is 0 Å². The number of piperidine rings is 1. The zero-order chi connectivity index (χ0) is 21.1. The van der Waals surface area contributed by atoms with E-state index in [0.29, 0.717) is 18.7 Å². The largest absolute Gasteiger partial charge is 0.497 e. The van der Waals surface area contributed by atoms with Gasteiger partial charge in [-0.05, 0) is 43.8 Å². The third-order valence-electron chi connectivity index (χ3n) is 5.58. The van der Waals surface area contributed by atoms with Crippen molar-refractivity contribution in [3.05, 3.63) is 65.7 Å². The van der Waals surface area contributed by atoms with Crippen molar-refractivity contribution in [1.29, 1.82) is 0 Å². The summed E-state index contributed by atoms with van der Waals surface area (Å²) in [5.74, 6) is 0.391. The van der Waals surface area contributed by atoms with E-state index in [1.165, 1.54) is 4.31 Å². The van der Waals surface area contributed by atoms with Gasteiger partial charge in [0.15, 0.2) is 0 Å². The number of rotatable bonds is 7. The second-order valence-electron chi connectivity index (χ2n) is 7.97. The van der Waals surface area contributed by atoms with Crippen molar-refractivity contribution in [3.63, 3.8) is 0 Å². The number of methoxy groups -OCH3 is 1. The normalized spacial score (nSPS) is 23.3. The van der Waals surface area contributed by atoms with Crippen LogP contribution in [0.5, 0.6) is 5.75 Å². The quantitative estimate of drug-likeness (QED) is 0.747. The summed E-state index contributed by atoms with van der Waals surface area (Å²) in [5.41, 5.74) is 0.423. The van der Waals surface area contributed by atoms with Crippen LogP contribution in [0.3, 0.4) is 0 Å². The highest BCUT2D eigenvalue weighted by molar-refractivity contribution is 7.88. The summed E-state index contributed by atoms with van der Waals surface area (Å²) in [6.07, 6.45) is 0.340. The summed E-state index contributed by atoms with van der Waals surface area (Å²) in [5, 5.41) is 11.6. The molecule has 29 heavy (non-hydrogen) atoms. The van der Waals surface area contributed by atoms with E-state index in [0.717, 1.165) is 11.1 Å². The smallest absolute Gasteiger partial charge is 0.218 e. The van der Waals surface area contributed by atoms with E-state index < -0.39 is 15.6 Å². The van der Waals surface area contributed by atoms with Crippen molar-refractivity contribution >= 4 is 10.0 Å². The van der Waals surface area contributed by atoms with Gasteiger partial charge in [-0.25, -0.2) is 12.7 Å². The first kappa shape index (κ1) is 21.8. The molecule has 0 saturated carbocycles. The van der Waals surface area contributed by atoms with Crippen molar-refractivity contribution in [1.82, 2.24) is 9.21 Å². The fraction of sp³-hybridized carbons (Fsp3) is 0.455. The molecule has 2 aromatic rings. The third-order valence-corrected chi connectivity index (χ3v) is 7.40. The van der Waals surface area contributed by atoms with Gasteiger partial charge in [0.05, 0.1) is 18.5 Å². The molecule has 7 heteroatoms. The summed E-state index contributed by atoms with van der Waals surface area (Å²) < 4.78 is 32.9. The molecule has 1 fully saturated rings. The van der Waals surface area contributed by atoms with Crippen molar-refractivity contribution in [3.8, 4) is 5.75 Å². The van der Waals surface area contributed by atoms with Crippen molar-refractivity contribution < 1.29 is 18.3 Å². The van der Waals surface area contributed by atoms with Crippen LogP contribution in [0.25, 0.3) is 0 Å². The Hall–Kier alpha value is -1.93. The maximum absolute atomic E-state index is 13.0. The lowest BCUT2D eigenvalue weighted by atomic mass is 9.76. The number of hydrogen-bond acceptors (Lipinski definition) is 5. The fourth-order valence-electron chi connectivity index (χ4n) is 4.04. The summed E-state index contributed by atoms with van der Waals surface area (Å²) in [6.45, 7) is 1.14. The molecule has 2 aromatic carbocycles. The van der Waals surface area contributed by atoms with Crippen LogP contribution in [0, 0.1) is 5.92 Å². The van der Waals surface area contributed by atoms with Crippen LogP contribution in [0.2, 0.25) is 0 Å². The Kier molecular flexibility index (Phi) is 6.63. The topological polar surface area (TPSA) is 70.1 Å². The predicted molar refractivity (Wildman–Crippen MR) is 114 cm³/mol. The summed E-state index contributed by atoms with van der Waals surface area (Å²) >= 11 is 0. The van der Waals surface area contributed by atoms with Crippen LogP contribution in [-0.4, -0.2) is 63.6 Å². The lowest BCUT2D eigenvalue weighted by Gasteiger charge is -2.45. The average Bonchev–Trinajstić information content (AvgIpc) is 2.69. The predicted octanol–water partition coefficient (Wildman–Crippen LogP) is 2.30. The molecular weight excluding hydrogens is 388 g/mol. The van der Waals surface area contributed by atoms with E-state index in [4.69, 9.17) is 4.74 Å². The van der Waals surface area contributed by atoms with Crippen molar-refractivity contribution in [2.45, 2.75) is 17.8 Å². The van der Waals surface area contributed by atoms with Gasteiger partial charge in [0.2, 0.25) is 10.0 Å². The fourth-order valence-corrected chi connectivity index (χ4v) is 5.61. The molecule has 0 aliphatic carbocycles. The lowest BCUT2D eigenvalue weighted by Crippen LogP contribution is -2.54. The molecule has 3 rings (SSSR count). The Balaban J connectivity index is 1.86. The van der Waals surface area contributed by atoms with Gasteiger partial charge in [-0.2, -0.15) is 0 Å². The number of hydrogen-bond donors (Lipinski definition) is 1. The van der Waals surface area contributed by atoms with Gasteiger partial charge in [0, 0.05) is 25.6 Å². The van der Waals surface area contributed by atoms with Gasteiger partial charge in [-0.1, -0.05) is 42.5 Å². The minimum absolute atomic E-state index is 0.0277. The molecule has 1 heterocycles. The highest BCUT2D eigenvalue weighted by atomic mass is 32.2. The second-order valence-corrected chi connectivity index (χ2v) is 9.93. The standard InChI is InChI=1S/C22H30N2O4S/c1-23(2)15-20-16-24(29(26,27)17-18-8-5-4-6-9-18)13-12-22(20,25)19-10-7-11-21(14-19)28-3/h4-11,14,20,25H,12-13,15-17H2,1-3H3/t20-,22?/m0/s1. The molecule has 2 atom stereocenters. The van der Waals surface area contributed by atoms with Crippen LogP contribution < -0.4 is 4.74 Å². The maximum Gasteiger partial charge on any atom is 0.218 e. The molecular formula is C22H30N2O4S. The van der Waals surface area contributed by atoms with Gasteiger partial charge in [0.25, 0.3) is 0 Å². The van der Waals surface area contributed by atoms with E-state index in [1.807, 2.05) is 73.6 Å². The Morgan fingerprint density at radius 1 is 1.17 bits per heavy atom. The third kappa shape index (κ3) is 4.98. The molecule has 1 unspecified atom stereocenters. The van der Waals surface area contributed by atoms with Gasteiger partial charge < -0.3 is 14.7 Å². The molecule has 1 aliphatic rings. The Bertz CT molecular complexity index is 917. The van der Waals surface area contributed by atoms with Crippen LogP contribution in [0.15, 0.2) is 54.6 Å². The van der Waals surface area contributed by atoms with Crippen LogP contribution in [0.4, 0.5) is 0 Å². The summed E-state index contributed by atoms with van der Waals surface area (Å²) in [7, 11) is 1.99. The molecule has 1 aliphatic heterocycles. The van der Waals surface area contributed by atoms with Gasteiger partial charge in [0.1, 0.15) is 5.75 Å². The lowest BCUT2D eigenvalue weighted by molar-refractivity contribution is -0.0698. The van der Waals surface area contributed by atoms with E-state index in [9.17, 15) is 13.5 Å². The number of benzene rings is 2. The highest BCUT2D eigenvalue weighted by Gasteiger charge is 2.45. The Morgan fingerprint density at radius 3 is 2.55 bits per heavy atom. The monoisotopic (exact) mass is 418 g/mol. The van der Waals surface area contributed by atoms with Crippen LogP contribution in [-0.2, 0) is 21.4 Å². The average molecular weight is 419 g/mol. The van der Waals surface area contributed by atoms with E-state index in [-0.39, 0.29) is 24.8 Å². The number of aliphatic hydroxyl groups is 1. The maximum atomic E-state index is 13.0. The van der Waals surface area contributed by atoms with Crippen LogP contribution >= 0.6 is 0 Å². The molecule has 1 N–H and O–H groups in total. The molecule has 158 valence electrons. The number of nitrogens with zero attached hydrogens (tertiary/aromatic N) is 2. The minimum atomic E-state index is -3.47. The van der Waals surface area contributed by atoms with Gasteiger partial charge in [-0.15, -0.1) is 0 Å². The zero-order valence-electron chi connectivity index (χ0n) is 17.3. The SMILES string of the molecule is COc1cccc(C2(O)CCN(S(=O)(=O)Cc3ccccc3)C[C@@H]2CN(C)C)c1. The molecule has 0 aromatic heterocycles. The Labute approximate surface area is 173 Å². The molecule has 6 nitrogen and oxygen atoms in total. The first-order valence-electron chi connectivity index (χ1n) is 9.78. The zero-order valence-corrected chi connectivity index (χ0v) is 18.1. The first-order chi connectivity index (χ1) is 13.7. The number of ether oxygens (including phenoxy) is 1.